The number of nitrogens with zero attached hydrogens (tertiary/aromatic N) is 1. The Kier molecular flexibility index (Phi) is 3.50. The van der Waals surface area contributed by atoms with E-state index in [2.05, 4.69) is 18.7 Å². The van der Waals surface area contributed by atoms with Crippen LogP contribution >= 0.6 is 0 Å². The van der Waals surface area contributed by atoms with Crippen molar-refractivity contribution in [3.05, 3.63) is 0 Å². The molecule has 1 saturated heterocycles. The summed E-state index contributed by atoms with van der Waals surface area (Å²) in [5.74, 6) is 0.615. The zero-order valence-corrected chi connectivity index (χ0v) is 8.03. The lowest BCUT2D eigenvalue weighted by Crippen LogP contribution is -2.60. The average Bonchev–Trinajstić information content (AvgIpc) is 1.94. The van der Waals surface area contributed by atoms with Crippen molar-refractivity contribution in [1.29, 1.82) is 0 Å². The lowest BCUT2D eigenvalue weighted by molar-refractivity contribution is 0.0516. The molecule has 0 bridgehead atoms. The van der Waals surface area contributed by atoms with Crippen LogP contribution in [0.5, 0.6) is 0 Å². The monoisotopic (exact) mass is 172 g/mol. The normalized spacial score (nSPS) is 22.8. The Morgan fingerprint density at radius 2 is 2.08 bits per heavy atom. The van der Waals surface area contributed by atoms with Crippen LogP contribution in [0.25, 0.3) is 0 Å². The first-order valence-corrected chi connectivity index (χ1v) is 4.75. The van der Waals surface area contributed by atoms with Gasteiger partial charge in [-0.15, -0.1) is 0 Å². The summed E-state index contributed by atoms with van der Waals surface area (Å²) in [5, 5.41) is 8.86. The summed E-state index contributed by atoms with van der Waals surface area (Å²) in [4.78, 5) is 2.37. The third-order valence-corrected chi connectivity index (χ3v) is 2.60. The van der Waals surface area contributed by atoms with Crippen molar-refractivity contribution in [3.63, 3.8) is 0 Å². The summed E-state index contributed by atoms with van der Waals surface area (Å²) in [5.41, 5.74) is 5.70. The van der Waals surface area contributed by atoms with Gasteiger partial charge < -0.3 is 10.8 Å². The lowest BCUT2D eigenvalue weighted by atomic mass is 9.95. The fourth-order valence-electron chi connectivity index (χ4n) is 1.89. The quantitative estimate of drug-likeness (QED) is 0.629. The van der Waals surface area contributed by atoms with Crippen LogP contribution in [0.15, 0.2) is 0 Å². The topological polar surface area (TPSA) is 49.5 Å². The minimum Gasteiger partial charge on any atom is -0.396 e. The van der Waals surface area contributed by atoms with Crippen molar-refractivity contribution in [2.24, 2.45) is 11.7 Å². The molecule has 1 aliphatic heterocycles. The molecule has 3 nitrogen and oxygen atoms in total. The van der Waals surface area contributed by atoms with Gasteiger partial charge in [0.05, 0.1) is 0 Å². The first-order valence-electron chi connectivity index (χ1n) is 4.75. The molecule has 12 heavy (non-hydrogen) atoms. The van der Waals surface area contributed by atoms with Gasteiger partial charge in [-0.2, -0.15) is 0 Å². The van der Waals surface area contributed by atoms with Crippen LogP contribution in [-0.2, 0) is 0 Å². The van der Waals surface area contributed by atoms with E-state index in [9.17, 15) is 0 Å². The van der Waals surface area contributed by atoms with Crippen LogP contribution < -0.4 is 5.73 Å². The highest BCUT2D eigenvalue weighted by molar-refractivity contribution is 4.88. The van der Waals surface area contributed by atoms with Gasteiger partial charge in [0.2, 0.25) is 0 Å². The van der Waals surface area contributed by atoms with Crippen molar-refractivity contribution in [2.45, 2.75) is 32.4 Å². The summed E-state index contributed by atoms with van der Waals surface area (Å²) in [6, 6.07) is 0.889. The molecule has 0 amide bonds. The van der Waals surface area contributed by atoms with E-state index in [0.717, 1.165) is 19.5 Å². The minimum atomic E-state index is 0.286. The first-order chi connectivity index (χ1) is 5.65. The van der Waals surface area contributed by atoms with E-state index in [-0.39, 0.29) is 6.61 Å². The summed E-state index contributed by atoms with van der Waals surface area (Å²) in [7, 11) is 0. The van der Waals surface area contributed by atoms with Gasteiger partial charge in [0.15, 0.2) is 0 Å². The Bertz CT molecular complexity index is 132. The van der Waals surface area contributed by atoms with Crippen LogP contribution in [0.2, 0.25) is 0 Å². The fraction of sp³-hybridized carbons (Fsp3) is 1.00. The smallest absolute Gasteiger partial charge is 0.0446 e. The molecule has 0 aromatic heterocycles. The van der Waals surface area contributed by atoms with Gasteiger partial charge in [-0.05, 0) is 12.3 Å². The largest absolute Gasteiger partial charge is 0.396 e. The van der Waals surface area contributed by atoms with Gasteiger partial charge in [-0.1, -0.05) is 13.8 Å². The predicted molar refractivity (Wildman–Crippen MR) is 49.9 cm³/mol. The highest BCUT2D eigenvalue weighted by Crippen LogP contribution is 2.19. The Morgan fingerprint density at radius 1 is 1.50 bits per heavy atom. The van der Waals surface area contributed by atoms with Gasteiger partial charge in [-0.25, -0.2) is 0 Å². The molecule has 0 aromatic rings. The fourth-order valence-corrected chi connectivity index (χ4v) is 1.89. The van der Waals surface area contributed by atoms with E-state index in [1.54, 1.807) is 0 Å². The van der Waals surface area contributed by atoms with E-state index >= 15 is 0 Å². The van der Waals surface area contributed by atoms with Crippen LogP contribution in [0.4, 0.5) is 0 Å². The Morgan fingerprint density at radius 3 is 2.42 bits per heavy atom. The SMILES string of the molecule is CC(C)C(CCO)N1CC(N)C1. The maximum Gasteiger partial charge on any atom is 0.0446 e. The first kappa shape index (κ1) is 9.96. The molecule has 0 radical (unpaired) electrons. The molecule has 1 aliphatic rings. The van der Waals surface area contributed by atoms with Crippen molar-refractivity contribution >= 4 is 0 Å². The molecule has 3 N–H and O–H groups in total. The number of aliphatic hydroxyl groups is 1. The van der Waals surface area contributed by atoms with E-state index < -0.39 is 0 Å². The van der Waals surface area contributed by atoms with Crippen LogP contribution in [0.1, 0.15) is 20.3 Å². The predicted octanol–water partition coefficient (Wildman–Crippen LogP) is 0.0363. The molecule has 1 rings (SSSR count). The minimum absolute atomic E-state index is 0.286. The number of likely N-dealkylation sites (tertiary alicyclic amines) is 1. The second-order valence-corrected chi connectivity index (χ2v) is 4.04. The number of hydrogen-bond donors (Lipinski definition) is 2. The molecule has 3 heteroatoms. The van der Waals surface area contributed by atoms with Crippen LogP contribution in [0.3, 0.4) is 0 Å². The molecule has 0 saturated carbocycles. The summed E-state index contributed by atoms with van der Waals surface area (Å²) in [6.45, 7) is 6.69. The van der Waals surface area contributed by atoms with E-state index in [0.29, 0.717) is 18.0 Å². The zero-order chi connectivity index (χ0) is 9.14. The molecule has 1 fully saturated rings. The van der Waals surface area contributed by atoms with Crippen LogP contribution in [0, 0.1) is 5.92 Å². The van der Waals surface area contributed by atoms with Crippen molar-refractivity contribution in [3.8, 4) is 0 Å². The molecule has 1 heterocycles. The number of rotatable bonds is 4. The molecule has 0 aliphatic carbocycles. The lowest BCUT2D eigenvalue weighted by Gasteiger charge is -2.44. The summed E-state index contributed by atoms with van der Waals surface area (Å²) >= 11 is 0. The van der Waals surface area contributed by atoms with Crippen molar-refractivity contribution in [2.75, 3.05) is 19.7 Å². The Labute approximate surface area is 74.5 Å². The second-order valence-electron chi connectivity index (χ2n) is 4.04. The Hall–Kier alpha value is -0.120. The number of aliphatic hydroxyl groups excluding tert-OH is 1. The highest BCUT2D eigenvalue weighted by Gasteiger charge is 2.30. The molecule has 1 atom stereocenters. The average molecular weight is 172 g/mol. The van der Waals surface area contributed by atoms with Crippen molar-refractivity contribution in [1.82, 2.24) is 4.90 Å². The number of hydrogen-bond acceptors (Lipinski definition) is 3. The van der Waals surface area contributed by atoms with E-state index in [1.807, 2.05) is 0 Å². The Balaban J connectivity index is 2.33. The molecule has 0 spiro atoms. The summed E-state index contributed by atoms with van der Waals surface area (Å²) in [6.07, 6.45) is 0.879. The van der Waals surface area contributed by atoms with E-state index in [1.165, 1.54) is 0 Å². The zero-order valence-electron chi connectivity index (χ0n) is 8.03. The molecular formula is C9H20N2O. The highest BCUT2D eigenvalue weighted by atomic mass is 16.3. The summed E-state index contributed by atoms with van der Waals surface area (Å²) < 4.78 is 0. The molecule has 1 unspecified atom stereocenters. The van der Waals surface area contributed by atoms with Crippen molar-refractivity contribution < 1.29 is 5.11 Å². The van der Waals surface area contributed by atoms with Gasteiger partial charge in [0, 0.05) is 31.8 Å². The third-order valence-electron chi connectivity index (χ3n) is 2.60. The van der Waals surface area contributed by atoms with Gasteiger partial charge >= 0.3 is 0 Å². The standard InChI is InChI=1S/C9H20N2O/c1-7(2)9(3-4-12)11-5-8(10)6-11/h7-9,12H,3-6,10H2,1-2H3. The van der Waals surface area contributed by atoms with Gasteiger partial charge in [-0.3, -0.25) is 4.90 Å². The maximum atomic E-state index is 8.86. The molecule has 72 valence electrons. The second kappa shape index (κ2) is 4.21. The number of nitrogens with two attached hydrogens (primary N) is 1. The maximum absolute atomic E-state index is 8.86. The molecule has 0 aromatic carbocycles. The third kappa shape index (κ3) is 2.19. The van der Waals surface area contributed by atoms with E-state index in [4.69, 9.17) is 10.8 Å². The van der Waals surface area contributed by atoms with Crippen LogP contribution in [-0.4, -0.2) is 41.8 Å². The van der Waals surface area contributed by atoms with Gasteiger partial charge in [0.1, 0.15) is 0 Å². The molecular weight excluding hydrogens is 152 g/mol. The van der Waals surface area contributed by atoms with Gasteiger partial charge in [0.25, 0.3) is 0 Å².